The molecule has 0 aliphatic rings. The Morgan fingerprint density at radius 2 is 1.90 bits per heavy atom. The van der Waals surface area contributed by atoms with Crippen molar-refractivity contribution in [2.75, 3.05) is 6.61 Å². The number of benzene rings is 1. The molecular formula is C12H13NO7. The molecular weight excluding hydrogens is 270 g/mol. The number of hydrogen-bond acceptors (Lipinski definition) is 7. The van der Waals surface area contributed by atoms with Crippen LogP contribution in [0.4, 0.5) is 9.59 Å². The molecule has 0 aliphatic heterocycles. The molecule has 0 saturated carbocycles. The van der Waals surface area contributed by atoms with Gasteiger partial charge in [-0.1, -0.05) is 17.7 Å². The number of hydrogen-bond donors (Lipinski definition) is 2. The highest BCUT2D eigenvalue weighted by atomic mass is 17.0. The number of carbonyl (C=O) groups is 3. The fourth-order valence-corrected chi connectivity index (χ4v) is 1.36. The largest absolute Gasteiger partial charge is 0.530 e. The third-order valence-corrected chi connectivity index (χ3v) is 2.27. The van der Waals surface area contributed by atoms with Crippen molar-refractivity contribution in [3.63, 3.8) is 0 Å². The number of carboxylic acid groups (broad SMARTS) is 1. The maximum atomic E-state index is 11.8. The molecule has 0 aliphatic carbocycles. The van der Waals surface area contributed by atoms with Gasteiger partial charge in [-0.05, 0) is 25.5 Å². The van der Waals surface area contributed by atoms with Crippen LogP contribution in [0.1, 0.15) is 21.5 Å². The highest BCUT2D eigenvalue weighted by Gasteiger charge is 2.13. The average molecular weight is 283 g/mol. The van der Waals surface area contributed by atoms with Gasteiger partial charge in [0.25, 0.3) is 0 Å². The van der Waals surface area contributed by atoms with Crippen molar-refractivity contribution in [1.29, 1.82) is 0 Å². The summed E-state index contributed by atoms with van der Waals surface area (Å²) in [5.41, 5.74) is 3.48. The van der Waals surface area contributed by atoms with E-state index in [1.54, 1.807) is 19.1 Å². The summed E-state index contributed by atoms with van der Waals surface area (Å²) < 4.78 is 4.49. The molecule has 1 rings (SSSR count). The first kappa shape index (κ1) is 15.4. The molecule has 0 radical (unpaired) electrons. The number of ketones is 1. The van der Waals surface area contributed by atoms with Gasteiger partial charge in [-0.2, -0.15) is 0 Å². The minimum atomic E-state index is -1.69. The number of carbonyl (C=O) groups excluding carboxylic acids is 2. The lowest BCUT2D eigenvalue weighted by Crippen LogP contribution is -2.25. The van der Waals surface area contributed by atoms with Gasteiger partial charge in [0.05, 0.1) is 0 Å². The van der Waals surface area contributed by atoms with E-state index >= 15 is 0 Å². The van der Waals surface area contributed by atoms with Gasteiger partial charge in [0.2, 0.25) is 5.78 Å². The molecule has 0 saturated heterocycles. The molecule has 2 N–H and O–H groups in total. The number of ether oxygens (including phenoxy) is 1. The van der Waals surface area contributed by atoms with Crippen LogP contribution in [0.25, 0.3) is 0 Å². The van der Waals surface area contributed by atoms with Gasteiger partial charge in [-0.3, -0.25) is 4.79 Å². The predicted molar refractivity (Wildman–Crippen MR) is 64.9 cm³/mol. The Hall–Kier alpha value is -2.61. The van der Waals surface area contributed by atoms with Crippen LogP contribution in [0.2, 0.25) is 0 Å². The molecule has 20 heavy (non-hydrogen) atoms. The summed E-state index contributed by atoms with van der Waals surface area (Å²) in [6, 6.07) is 5.32. The second kappa shape index (κ2) is 7.10. The molecule has 0 fully saturated rings. The maximum absolute atomic E-state index is 11.8. The van der Waals surface area contributed by atoms with E-state index in [0.717, 1.165) is 11.1 Å². The summed E-state index contributed by atoms with van der Waals surface area (Å²) in [5, 5.41) is 8.08. The Morgan fingerprint density at radius 3 is 2.55 bits per heavy atom. The molecule has 108 valence electrons. The maximum Gasteiger partial charge on any atom is 0.530 e. The lowest BCUT2D eigenvalue weighted by molar-refractivity contribution is -0.119. The van der Waals surface area contributed by atoms with E-state index in [1.807, 2.05) is 13.0 Å². The van der Waals surface area contributed by atoms with Crippen LogP contribution in [0, 0.1) is 13.8 Å². The van der Waals surface area contributed by atoms with E-state index in [4.69, 9.17) is 5.11 Å². The van der Waals surface area contributed by atoms with E-state index < -0.39 is 24.7 Å². The number of nitrogens with one attached hydrogen (secondary N) is 1. The fraction of sp³-hybridized carbons (Fsp3) is 0.250. The third kappa shape index (κ3) is 4.94. The van der Waals surface area contributed by atoms with Crippen molar-refractivity contribution in [3.8, 4) is 0 Å². The average Bonchev–Trinajstić information content (AvgIpc) is 2.38. The lowest BCUT2D eigenvalue weighted by atomic mass is 10.0. The van der Waals surface area contributed by atoms with Crippen LogP contribution in [-0.4, -0.2) is 29.8 Å². The van der Waals surface area contributed by atoms with Crippen molar-refractivity contribution in [2.45, 2.75) is 13.8 Å². The Kier molecular flexibility index (Phi) is 5.48. The molecule has 0 aromatic heterocycles. The summed E-state index contributed by atoms with van der Waals surface area (Å²) in [6.07, 6.45) is -2.98. The predicted octanol–water partition coefficient (Wildman–Crippen LogP) is 1.75. The van der Waals surface area contributed by atoms with Gasteiger partial charge in [-0.25, -0.2) is 9.59 Å². The van der Waals surface area contributed by atoms with Gasteiger partial charge in [0, 0.05) is 11.2 Å². The van der Waals surface area contributed by atoms with Crippen molar-refractivity contribution in [1.82, 2.24) is 5.64 Å². The molecule has 0 atom stereocenters. The Morgan fingerprint density at radius 1 is 1.20 bits per heavy atom. The molecule has 0 spiro atoms. The van der Waals surface area contributed by atoms with E-state index in [9.17, 15) is 14.4 Å². The molecule has 1 aromatic carbocycles. The summed E-state index contributed by atoms with van der Waals surface area (Å²) in [5.74, 6) is -0.401. The monoisotopic (exact) mass is 283 g/mol. The van der Waals surface area contributed by atoms with Crippen LogP contribution >= 0.6 is 0 Å². The molecule has 8 heteroatoms. The standard InChI is InChI=1S/C12H13NO7/c1-7-3-4-8(2)9(5-7)10(14)6-18-12(17)20-13-19-11(15)16/h3-5,13H,6H2,1-2H3,(H,15,16). The molecule has 8 nitrogen and oxygen atoms in total. The van der Waals surface area contributed by atoms with E-state index in [1.165, 1.54) is 5.64 Å². The van der Waals surface area contributed by atoms with Crippen LogP contribution < -0.4 is 5.64 Å². The van der Waals surface area contributed by atoms with Crippen LogP contribution in [0.5, 0.6) is 0 Å². The van der Waals surface area contributed by atoms with Gasteiger partial charge in [-0.15, -0.1) is 0 Å². The van der Waals surface area contributed by atoms with Crippen molar-refractivity contribution in [2.24, 2.45) is 0 Å². The fourth-order valence-electron chi connectivity index (χ4n) is 1.36. The molecule has 0 bridgehead atoms. The summed E-state index contributed by atoms with van der Waals surface area (Å²) >= 11 is 0. The van der Waals surface area contributed by atoms with Gasteiger partial charge in [0.15, 0.2) is 6.61 Å². The summed E-state index contributed by atoms with van der Waals surface area (Å²) in [4.78, 5) is 40.5. The SMILES string of the molecule is Cc1ccc(C)c(C(=O)COC(=O)ONOC(=O)O)c1. The second-order valence-electron chi connectivity index (χ2n) is 3.83. The number of Topliss-reactive ketones (excluding diaryl/α,β-unsaturated/α-hetero) is 1. The zero-order valence-electron chi connectivity index (χ0n) is 10.8. The minimum absolute atomic E-state index is 0.401. The zero-order valence-corrected chi connectivity index (χ0v) is 10.8. The van der Waals surface area contributed by atoms with Crippen molar-refractivity contribution >= 4 is 18.1 Å². The van der Waals surface area contributed by atoms with Crippen LogP contribution in [0.15, 0.2) is 18.2 Å². The molecule has 0 unspecified atom stereocenters. The number of aryl methyl sites for hydroxylation is 2. The second-order valence-corrected chi connectivity index (χ2v) is 3.83. The number of rotatable bonds is 5. The molecule has 0 heterocycles. The Balaban J connectivity index is 2.45. The normalized spacial score (nSPS) is 9.70. The smallest absolute Gasteiger partial charge is 0.448 e. The highest BCUT2D eigenvalue weighted by molar-refractivity contribution is 5.99. The zero-order chi connectivity index (χ0) is 15.1. The highest BCUT2D eigenvalue weighted by Crippen LogP contribution is 2.11. The Bertz CT molecular complexity index is 527. The summed E-state index contributed by atoms with van der Waals surface area (Å²) in [6.45, 7) is 3.06. The topological polar surface area (TPSA) is 111 Å². The van der Waals surface area contributed by atoms with Crippen LogP contribution in [0.3, 0.4) is 0 Å². The van der Waals surface area contributed by atoms with E-state index in [-0.39, 0.29) is 0 Å². The summed E-state index contributed by atoms with van der Waals surface area (Å²) in [7, 11) is 0. The molecule has 1 aromatic rings. The quantitative estimate of drug-likeness (QED) is 0.477. The van der Waals surface area contributed by atoms with Crippen LogP contribution in [-0.2, 0) is 14.4 Å². The van der Waals surface area contributed by atoms with Crippen molar-refractivity contribution < 1.29 is 33.9 Å². The first-order valence-electron chi connectivity index (χ1n) is 5.49. The lowest BCUT2D eigenvalue weighted by Gasteiger charge is -2.07. The first-order chi connectivity index (χ1) is 9.40. The van der Waals surface area contributed by atoms with E-state index in [2.05, 4.69) is 14.4 Å². The Labute approximate surface area is 114 Å². The van der Waals surface area contributed by atoms with Gasteiger partial charge in [0.1, 0.15) is 0 Å². The van der Waals surface area contributed by atoms with Crippen molar-refractivity contribution in [3.05, 3.63) is 34.9 Å². The molecule has 0 amide bonds. The van der Waals surface area contributed by atoms with Gasteiger partial charge >= 0.3 is 12.3 Å². The third-order valence-electron chi connectivity index (χ3n) is 2.27. The van der Waals surface area contributed by atoms with E-state index in [0.29, 0.717) is 5.56 Å². The minimum Gasteiger partial charge on any atom is -0.448 e. The first-order valence-corrected chi connectivity index (χ1v) is 5.49. The van der Waals surface area contributed by atoms with Gasteiger partial charge < -0.3 is 19.5 Å².